The van der Waals surface area contributed by atoms with Crippen molar-refractivity contribution in [3.63, 3.8) is 0 Å². The van der Waals surface area contributed by atoms with E-state index < -0.39 is 0 Å². The molecule has 1 atom stereocenters. The Kier molecular flexibility index (Phi) is 7.36. The Morgan fingerprint density at radius 1 is 1.00 bits per heavy atom. The van der Waals surface area contributed by atoms with Crippen LogP contribution in [0.2, 0.25) is 0 Å². The second-order valence-corrected chi connectivity index (χ2v) is 6.61. The van der Waals surface area contributed by atoms with Gasteiger partial charge in [0.1, 0.15) is 0 Å². The van der Waals surface area contributed by atoms with E-state index in [1.165, 1.54) is 0 Å². The lowest BCUT2D eigenvalue weighted by molar-refractivity contribution is -0.121. The van der Waals surface area contributed by atoms with Crippen LogP contribution in [0.25, 0.3) is 0 Å². The topological polar surface area (TPSA) is 61.4 Å². The number of hydrogen-bond acceptors (Lipinski definition) is 3. The quantitative estimate of drug-likeness (QED) is 0.767. The van der Waals surface area contributed by atoms with Crippen molar-refractivity contribution in [2.45, 2.75) is 19.4 Å². The first-order chi connectivity index (χ1) is 12.5. The standard InChI is InChI=1S/C21H27N3O2/c1-16-9-7-8-12-18(16)21(26)22-14-13-20(25)23-19(15-24(2)3)17-10-5-4-6-11-17/h4-12,19H,13-15H2,1-3H3,(H,22,26)(H,23,25)/t19-/m0/s1. The van der Waals surface area contributed by atoms with E-state index in [2.05, 4.69) is 10.6 Å². The minimum Gasteiger partial charge on any atom is -0.352 e. The lowest BCUT2D eigenvalue weighted by Gasteiger charge is -2.23. The predicted molar refractivity (Wildman–Crippen MR) is 104 cm³/mol. The van der Waals surface area contributed by atoms with Crippen LogP contribution >= 0.6 is 0 Å². The van der Waals surface area contributed by atoms with Crippen molar-refractivity contribution < 1.29 is 9.59 Å². The minimum absolute atomic E-state index is 0.0780. The van der Waals surface area contributed by atoms with Crippen molar-refractivity contribution >= 4 is 11.8 Å². The second-order valence-electron chi connectivity index (χ2n) is 6.61. The molecule has 0 saturated carbocycles. The van der Waals surface area contributed by atoms with Gasteiger partial charge in [-0.1, -0.05) is 48.5 Å². The average Bonchev–Trinajstić information content (AvgIpc) is 2.62. The van der Waals surface area contributed by atoms with E-state index >= 15 is 0 Å². The van der Waals surface area contributed by atoms with Gasteiger partial charge in [0.25, 0.3) is 5.91 Å². The third-order valence-corrected chi connectivity index (χ3v) is 4.11. The van der Waals surface area contributed by atoms with Crippen molar-refractivity contribution in [2.24, 2.45) is 0 Å². The number of amides is 2. The van der Waals surface area contributed by atoms with E-state index in [9.17, 15) is 9.59 Å². The molecule has 2 amide bonds. The monoisotopic (exact) mass is 353 g/mol. The van der Waals surface area contributed by atoms with Crippen LogP contribution in [0, 0.1) is 6.92 Å². The van der Waals surface area contributed by atoms with Gasteiger partial charge >= 0.3 is 0 Å². The number of hydrogen-bond donors (Lipinski definition) is 2. The predicted octanol–water partition coefficient (Wildman–Crippen LogP) is 2.53. The normalized spacial score (nSPS) is 11.8. The first-order valence-corrected chi connectivity index (χ1v) is 8.80. The van der Waals surface area contributed by atoms with Gasteiger partial charge < -0.3 is 15.5 Å². The fourth-order valence-corrected chi connectivity index (χ4v) is 2.76. The van der Waals surface area contributed by atoms with E-state index in [-0.39, 0.29) is 24.3 Å². The van der Waals surface area contributed by atoms with Gasteiger partial charge in [-0.2, -0.15) is 0 Å². The zero-order valence-electron chi connectivity index (χ0n) is 15.7. The summed E-state index contributed by atoms with van der Waals surface area (Å²) in [5.41, 5.74) is 2.63. The molecule has 138 valence electrons. The summed E-state index contributed by atoms with van der Waals surface area (Å²) in [6, 6.07) is 17.2. The summed E-state index contributed by atoms with van der Waals surface area (Å²) >= 11 is 0. The third kappa shape index (κ3) is 6.01. The molecule has 0 aromatic heterocycles. The minimum atomic E-state index is -0.149. The maximum atomic E-state index is 12.3. The van der Waals surface area contributed by atoms with Gasteiger partial charge in [-0.15, -0.1) is 0 Å². The Morgan fingerprint density at radius 3 is 2.31 bits per heavy atom. The Labute approximate surface area is 155 Å². The average molecular weight is 353 g/mol. The molecule has 0 saturated heterocycles. The fraction of sp³-hybridized carbons (Fsp3) is 0.333. The van der Waals surface area contributed by atoms with Crippen LogP contribution in [-0.4, -0.2) is 43.9 Å². The van der Waals surface area contributed by atoms with Crippen molar-refractivity contribution in [2.75, 3.05) is 27.2 Å². The Balaban J connectivity index is 1.86. The van der Waals surface area contributed by atoms with Crippen LogP contribution in [0.4, 0.5) is 0 Å². The van der Waals surface area contributed by atoms with E-state index in [0.717, 1.165) is 11.1 Å². The molecule has 2 aromatic carbocycles. The molecule has 0 unspecified atom stereocenters. The van der Waals surface area contributed by atoms with Crippen LogP contribution in [0.5, 0.6) is 0 Å². The molecular weight excluding hydrogens is 326 g/mol. The molecule has 0 aliphatic carbocycles. The first kappa shape index (κ1) is 19.7. The largest absolute Gasteiger partial charge is 0.352 e. The van der Waals surface area contributed by atoms with Gasteiger partial charge in [-0.3, -0.25) is 9.59 Å². The number of nitrogens with zero attached hydrogens (tertiary/aromatic N) is 1. The summed E-state index contributed by atoms with van der Waals surface area (Å²) in [5.74, 6) is -0.227. The maximum Gasteiger partial charge on any atom is 0.251 e. The maximum absolute atomic E-state index is 12.3. The Hall–Kier alpha value is -2.66. The van der Waals surface area contributed by atoms with Crippen molar-refractivity contribution in [3.05, 3.63) is 71.3 Å². The molecule has 2 rings (SSSR count). The summed E-state index contributed by atoms with van der Waals surface area (Å²) in [7, 11) is 3.95. The smallest absolute Gasteiger partial charge is 0.251 e. The Bertz CT molecular complexity index is 729. The molecule has 2 N–H and O–H groups in total. The molecule has 0 radical (unpaired) electrons. The SMILES string of the molecule is Cc1ccccc1C(=O)NCCC(=O)N[C@@H](CN(C)C)c1ccccc1. The van der Waals surface area contributed by atoms with Crippen LogP contribution < -0.4 is 10.6 Å². The lowest BCUT2D eigenvalue weighted by atomic mass is 10.1. The molecule has 0 aliphatic heterocycles. The second kappa shape index (κ2) is 9.73. The first-order valence-electron chi connectivity index (χ1n) is 8.80. The summed E-state index contributed by atoms with van der Waals surface area (Å²) in [6.07, 6.45) is 0.244. The number of aryl methyl sites for hydroxylation is 1. The fourth-order valence-electron chi connectivity index (χ4n) is 2.76. The van der Waals surface area contributed by atoms with Gasteiger partial charge in [-0.25, -0.2) is 0 Å². The summed E-state index contributed by atoms with van der Waals surface area (Å²) in [6.45, 7) is 2.92. The van der Waals surface area contributed by atoms with Gasteiger partial charge in [0.05, 0.1) is 6.04 Å². The molecule has 0 fully saturated rings. The van der Waals surface area contributed by atoms with Crippen molar-refractivity contribution in [1.29, 1.82) is 0 Å². The van der Waals surface area contributed by atoms with E-state index in [1.807, 2.05) is 74.4 Å². The number of rotatable bonds is 8. The van der Waals surface area contributed by atoms with Gasteiger partial charge in [0.2, 0.25) is 5.91 Å². The van der Waals surface area contributed by atoms with E-state index in [0.29, 0.717) is 18.7 Å². The molecule has 0 aliphatic rings. The molecular formula is C21H27N3O2. The third-order valence-electron chi connectivity index (χ3n) is 4.11. The van der Waals surface area contributed by atoms with E-state index in [1.54, 1.807) is 6.07 Å². The summed E-state index contributed by atoms with van der Waals surface area (Å²) in [5, 5.41) is 5.87. The lowest BCUT2D eigenvalue weighted by Crippen LogP contribution is -2.37. The Morgan fingerprint density at radius 2 is 1.65 bits per heavy atom. The summed E-state index contributed by atoms with van der Waals surface area (Å²) < 4.78 is 0. The van der Waals surface area contributed by atoms with Crippen LogP contribution in [-0.2, 0) is 4.79 Å². The molecule has 0 bridgehead atoms. The highest BCUT2D eigenvalue weighted by Crippen LogP contribution is 2.13. The molecule has 26 heavy (non-hydrogen) atoms. The van der Waals surface area contributed by atoms with Crippen LogP contribution in [0.15, 0.2) is 54.6 Å². The highest BCUT2D eigenvalue weighted by Gasteiger charge is 2.15. The number of carbonyl (C=O) groups excluding carboxylic acids is 2. The zero-order chi connectivity index (χ0) is 18.9. The van der Waals surface area contributed by atoms with Gasteiger partial charge in [-0.05, 0) is 38.2 Å². The molecule has 5 nitrogen and oxygen atoms in total. The number of likely N-dealkylation sites (N-methyl/N-ethyl adjacent to an activating group) is 1. The molecule has 0 spiro atoms. The molecule has 5 heteroatoms. The summed E-state index contributed by atoms with van der Waals surface area (Å²) in [4.78, 5) is 26.5. The van der Waals surface area contributed by atoms with Crippen molar-refractivity contribution in [1.82, 2.24) is 15.5 Å². The zero-order valence-corrected chi connectivity index (χ0v) is 15.7. The number of nitrogens with one attached hydrogen (secondary N) is 2. The van der Waals surface area contributed by atoms with Crippen LogP contribution in [0.1, 0.15) is 33.9 Å². The molecule has 0 heterocycles. The number of benzene rings is 2. The van der Waals surface area contributed by atoms with Gasteiger partial charge in [0, 0.05) is 25.1 Å². The van der Waals surface area contributed by atoms with Crippen molar-refractivity contribution in [3.8, 4) is 0 Å². The molecule has 2 aromatic rings. The highest BCUT2D eigenvalue weighted by atomic mass is 16.2. The van der Waals surface area contributed by atoms with Gasteiger partial charge in [0.15, 0.2) is 0 Å². The van der Waals surface area contributed by atoms with E-state index in [4.69, 9.17) is 0 Å². The van der Waals surface area contributed by atoms with Crippen LogP contribution in [0.3, 0.4) is 0 Å². The highest BCUT2D eigenvalue weighted by molar-refractivity contribution is 5.95. The number of carbonyl (C=O) groups is 2.